The van der Waals surface area contributed by atoms with Crippen molar-refractivity contribution in [1.82, 2.24) is 0 Å². The predicted octanol–water partition coefficient (Wildman–Crippen LogP) is 3.63. The second kappa shape index (κ2) is 7.02. The Morgan fingerprint density at radius 1 is 1.17 bits per heavy atom. The Morgan fingerprint density at radius 3 is 2.55 bits per heavy atom. The number of ether oxygens (including phenoxy) is 3. The van der Waals surface area contributed by atoms with Crippen molar-refractivity contribution in [3.63, 3.8) is 0 Å². The first kappa shape index (κ1) is 19.7. The molecular formula is C19H14F3NO5S. The number of hydrogen-bond donors (Lipinski definition) is 0. The Labute approximate surface area is 164 Å². The van der Waals surface area contributed by atoms with Crippen molar-refractivity contribution in [2.24, 2.45) is 0 Å². The summed E-state index contributed by atoms with van der Waals surface area (Å²) in [6.07, 6.45) is 0.471. The molecule has 29 heavy (non-hydrogen) atoms. The number of sulfone groups is 1. The van der Waals surface area contributed by atoms with E-state index in [1.807, 2.05) is 0 Å². The first-order valence-corrected chi connectivity index (χ1v) is 10.2. The van der Waals surface area contributed by atoms with Crippen molar-refractivity contribution in [2.45, 2.75) is 29.3 Å². The minimum atomic E-state index is -4.92. The molecular weight excluding hydrogens is 411 g/mol. The van der Waals surface area contributed by atoms with Gasteiger partial charge in [-0.2, -0.15) is 14.0 Å². The van der Waals surface area contributed by atoms with Gasteiger partial charge >= 0.3 is 5.76 Å². The second-order valence-electron chi connectivity index (χ2n) is 6.56. The normalized spacial score (nSPS) is 17.5. The highest BCUT2D eigenvalue weighted by Crippen LogP contribution is 2.50. The van der Waals surface area contributed by atoms with E-state index in [2.05, 4.69) is 0 Å². The molecule has 1 aliphatic carbocycles. The molecule has 1 spiro atoms. The fourth-order valence-electron chi connectivity index (χ4n) is 3.67. The first-order valence-electron chi connectivity index (χ1n) is 8.62. The van der Waals surface area contributed by atoms with Gasteiger partial charge in [-0.15, -0.1) is 0 Å². The summed E-state index contributed by atoms with van der Waals surface area (Å²) >= 11 is 0. The third kappa shape index (κ3) is 3.25. The van der Waals surface area contributed by atoms with E-state index in [1.54, 1.807) is 6.07 Å². The Kier molecular flexibility index (Phi) is 4.77. The van der Waals surface area contributed by atoms with E-state index in [0.717, 1.165) is 18.2 Å². The van der Waals surface area contributed by atoms with E-state index in [4.69, 9.17) is 19.5 Å². The monoisotopic (exact) mass is 425 g/mol. The third-order valence-electron chi connectivity index (χ3n) is 4.84. The molecule has 0 radical (unpaired) electrons. The Hall–Kier alpha value is -2.61. The molecule has 0 N–H and O–H groups in total. The van der Waals surface area contributed by atoms with Crippen LogP contribution in [0.4, 0.5) is 13.2 Å². The molecule has 0 saturated carbocycles. The second-order valence-corrected chi connectivity index (χ2v) is 8.45. The maximum absolute atomic E-state index is 13.7. The topological polar surface area (TPSA) is 85.6 Å². The van der Waals surface area contributed by atoms with Crippen molar-refractivity contribution in [3.8, 4) is 17.6 Å². The van der Waals surface area contributed by atoms with E-state index in [1.165, 1.54) is 12.1 Å². The number of alkyl halides is 2. The van der Waals surface area contributed by atoms with Crippen molar-refractivity contribution < 1.29 is 35.8 Å². The number of nitriles is 1. The fraction of sp³-hybridized carbons (Fsp3) is 0.316. The number of benzene rings is 2. The standard InChI is InChI=1S/C19H14F3NO5S/c20-12-7-11(10-23)8-13(9-12)28-15-1-2-16(29(24,25)18(21)22)17-14(15)3-4-19(17)26-5-6-27-19/h1-2,7-9,18H,3-6H2. The van der Waals surface area contributed by atoms with E-state index in [9.17, 15) is 21.6 Å². The summed E-state index contributed by atoms with van der Waals surface area (Å²) in [6, 6.07) is 7.46. The van der Waals surface area contributed by atoms with Crippen molar-refractivity contribution in [2.75, 3.05) is 13.2 Å². The van der Waals surface area contributed by atoms with Crippen LogP contribution in [0, 0.1) is 17.1 Å². The van der Waals surface area contributed by atoms with E-state index in [0.29, 0.717) is 5.56 Å². The van der Waals surface area contributed by atoms with Crippen LogP contribution in [0.5, 0.6) is 11.5 Å². The Bertz CT molecular complexity index is 1120. The number of nitrogens with zero attached hydrogens (tertiary/aromatic N) is 1. The van der Waals surface area contributed by atoms with Crippen LogP contribution in [-0.4, -0.2) is 27.4 Å². The van der Waals surface area contributed by atoms with Crippen LogP contribution in [0.3, 0.4) is 0 Å². The van der Waals surface area contributed by atoms with Crippen molar-refractivity contribution in [3.05, 3.63) is 52.8 Å². The van der Waals surface area contributed by atoms with Gasteiger partial charge in [0.2, 0.25) is 9.84 Å². The molecule has 1 fully saturated rings. The minimum Gasteiger partial charge on any atom is -0.457 e. The molecule has 1 aliphatic heterocycles. The lowest BCUT2D eigenvalue weighted by atomic mass is 10.1. The molecule has 2 aromatic rings. The van der Waals surface area contributed by atoms with Gasteiger partial charge in [-0.3, -0.25) is 0 Å². The highest BCUT2D eigenvalue weighted by Gasteiger charge is 2.50. The third-order valence-corrected chi connectivity index (χ3v) is 6.26. The maximum atomic E-state index is 13.7. The molecule has 0 unspecified atom stereocenters. The van der Waals surface area contributed by atoms with Gasteiger partial charge in [0.25, 0.3) is 0 Å². The van der Waals surface area contributed by atoms with Crippen molar-refractivity contribution >= 4 is 9.84 Å². The quantitative estimate of drug-likeness (QED) is 0.744. The molecule has 152 valence electrons. The molecule has 1 saturated heterocycles. The van der Waals surface area contributed by atoms with Gasteiger partial charge in [0.05, 0.1) is 29.7 Å². The van der Waals surface area contributed by atoms with Crippen LogP contribution in [0.15, 0.2) is 35.2 Å². The molecule has 1 heterocycles. The maximum Gasteiger partial charge on any atom is 0.341 e. The van der Waals surface area contributed by atoms with E-state index in [-0.39, 0.29) is 48.7 Å². The van der Waals surface area contributed by atoms with Crippen LogP contribution in [-0.2, 0) is 31.5 Å². The lowest BCUT2D eigenvalue weighted by Gasteiger charge is -2.25. The fourth-order valence-corrected chi connectivity index (χ4v) is 4.69. The molecule has 2 aromatic carbocycles. The highest BCUT2D eigenvalue weighted by atomic mass is 32.2. The number of rotatable bonds is 4. The number of halogens is 3. The predicted molar refractivity (Wildman–Crippen MR) is 92.7 cm³/mol. The first-order chi connectivity index (χ1) is 13.8. The average Bonchev–Trinajstić information content (AvgIpc) is 3.30. The SMILES string of the molecule is N#Cc1cc(F)cc(Oc2ccc(S(=O)(=O)C(F)F)c3c2CCC32OCCO2)c1. The van der Waals surface area contributed by atoms with Crippen LogP contribution in [0.2, 0.25) is 0 Å². The van der Waals surface area contributed by atoms with Crippen molar-refractivity contribution in [1.29, 1.82) is 5.26 Å². The van der Waals surface area contributed by atoms with Gasteiger partial charge in [-0.25, -0.2) is 12.8 Å². The molecule has 6 nitrogen and oxygen atoms in total. The van der Waals surface area contributed by atoms with Crippen LogP contribution >= 0.6 is 0 Å². The van der Waals surface area contributed by atoms with Gasteiger partial charge in [-0.05, 0) is 30.7 Å². The zero-order valence-corrected chi connectivity index (χ0v) is 15.6. The Balaban J connectivity index is 1.86. The van der Waals surface area contributed by atoms with Gasteiger partial charge in [0.15, 0.2) is 5.79 Å². The molecule has 0 amide bonds. The summed E-state index contributed by atoms with van der Waals surface area (Å²) in [6.45, 7) is 0.377. The molecule has 4 rings (SSSR count). The summed E-state index contributed by atoms with van der Waals surface area (Å²) < 4.78 is 81.6. The number of hydrogen-bond acceptors (Lipinski definition) is 6. The average molecular weight is 425 g/mol. The van der Waals surface area contributed by atoms with Gasteiger partial charge in [0.1, 0.15) is 17.3 Å². The van der Waals surface area contributed by atoms with E-state index < -0.39 is 32.1 Å². The number of fused-ring (bicyclic) bond motifs is 2. The summed E-state index contributed by atoms with van der Waals surface area (Å²) in [4.78, 5) is -0.578. The molecule has 0 aromatic heterocycles. The summed E-state index contributed by atoms with van der Waals surface area (Å²) in [5, 5.41) is 8.98. The summed E-state index contributed by atoms with van der Waals surface area (Å²) in [5.74, 6) is -5.57. The zero-order valence-electron chi connectivity index (χ0n) is 14.8. The Morgan fingerprint density at radius 2 is 1.90 bits per heavy atom. The lowest BCUT2D eigenvalue weighted by Crippen LogP contribution is -2.27. The largest absolute Gasteiger partial charge is 0.457 e. The van der Waals surface area contributed by atoms with Gasteiger partial charge in [-0.1, -0.05) is 0 Å². The van der Waals surface area contributed by atoms with Crippen LogP contribution in [0.25, 0.3) is 0 Å². The summed E-state index contributed by atoms with van der Waals surface area (Å²) in [5.41, 5.74) is 0.355. The highest BCUT2D eigenvalue weighted by molar-refractivity contribution is 7.91. The minimum absolute atomic E-state index is 0.00953. The van der Waals surface area contributed by atoms with Crippen LogP contribution < -0.4 is 4.74 Å². The van der Waals surface area contributed by atoms with Crippen LogP contribution in [0.1, 0.15) is 23.1 Å². The smallest absolute Gasteiger partial charge is 0.341 e. The summed E-state index contributed by atoms with van der Waals surface area (Å²) in [7, 11) is -4.92. The zero-order chi connectivity index (χ0) is 20.8. The molecule has 2 aliphatic rings. The molecule has 10 heteroatoms. The van der Waals surface area contributed by atoms with Gasteiger partial charge in [0, 0.05) is 23.6 Å². The molecule has 0 bridgehead atoms. The van der Waals surface area contributed by atoms with E-state index >= 15 is 0 Å². The molecule has 0 atom stereocenters. The lowest BCUT2D eigenvalue weighted by molar-refractivity contribution is -0.164. The van der Waals surface area contributed by atoms with Gasteiger partial charge < -0.3 is 14.2 Å².